The van der Waals surface area contributed by atoms with Crippen molar-refractivity contribution < 1.29 is 14.3 Å². The van der Waals surface area contributed by atoms with E-state index in [0.29, 0.717) is 42.8 Å². The molecule has 0 fully saturated rings. The fraction of sp³-hybridized carbons (Fsp3) is 0.294. The zero-order chi connectivity index (χ0) is 18.3. The second kappa shape index (κ2) is 6.45. The Hall–Kier alpha value is -2.87. The molecule has 4 rings (SSSR count). The first-order valence-electron chi connectivity index (χ1n) is 8.22. The Morgan fingerprint density at radius 1 is 1.23 bits per heavy atom. The maximum Gasteiger partial charge on any atom is 0.358 e. The van der Waals surface area contributed by atoms with E-state index in [2.05, 4.69) is 10.1 Å². The van der Waals surface area contributed by atoms with Gasteiger partial charge in [0.1, 0.15) is 5.82 Å². The number of ether oxygens (including phenoxy) is 1. The number of imidazole rings is 1. The molecule has 0 spiro atoms. The molecule has 0 N–H and O–H groups in total. The van der Waals surface area contributed by atoms with Crippen LogP contribution in [0.4, 0.5) is 0 Å². The van der Waals surface area contributed by atoms with Crippen LogP contribution in [0.25, 0.3) is 5.52 Å². The molecule has 1 amide bonds. The van der Waals surface area contributed by atoms with Gasteiger partial charge in [0.25, 0.3) is 5.91 Å². The molecule has 0 saturated carbocycles. The lowest BCUT2D eigenvalue weighted by Crippen LogP contribution is -2.38. The highest BCUT2D eigenvalue weighted by molar-refractivity contribution is 6.30. The van der Waals surface area contributed by atoms with Crippen LogP contribution >= 0.6 is 11.6 Å². The van der Waals surface area contributed by atoms with Crippen molar-refractivity contribution >= 4 is 29.0 Å². The molecule has 3 aromatic heterocycles. The first-order valence-corrected chi connectivity index (χ1v) is 8.60. The number of carbonyl (C=O) groups is 2. The number of hydrogen-bond donors (Lipinski definition) is 0. The Morgan fingerprint density at radius 2 is 2.08 bits per heavy atom. The lowest BCUT2D eigenvalue weighted by molar-refractivity contribution is 0.0519. The van der Waals surface area contributed by atoms with Crippen molar-refractivity contribution in [3.63, 3.8) is 0 Å². The second-order valence-electron chi connectivity index (χ2n) is 5.93. The molecule has 1 aliphatic rings. The zero-order valence-corrected chi connectivity index (χ0v) is 14.8. The monoisotopic (exact) mass is 373 g/mol. The van der Waals surface area contributed by atoms with E-state index in [-0.39, 0.29) is 11.6 Å². The lowest BCUT2D eigenvalue weighted by Gasteiger charge is -2.26. The largest absolute Gasteiger partial charge is 0.461 e. The van der Waals surface area contributed by atoms with E-state index in [4.69, 9.17) is 16.3 Å². The summed E-state index contributed by atoms with van der Waals surface area (Å²) in [5.74, 6) is 0.0146. The summed E-state index contributed by atoms with van der Waals surface area (Å²) in [6.45, 7) is 3.43. The summed E-state index contributed by atoms with van der Waals surface area (Å²) in [4.78, 5) is 30.6. The maximum atomic E-state index is 12.8. The van der Waals surface area contributed by atoms with Gasteiger partial charge in [-0.05, 0) is 25.1 Å². The van der Waals surface area contributed by atoms with Gasteiger partial charge in [-0.25, -0.2) is 14.3 Å². The molecule has 4 heterocycles. The highest BCUT2D eigenvalue weighted by Gasteiger charge is 2.26. The summed E-state index contributed by atoms with van der Waals surface area (Å²) in [6, 6.07) is 5.28. The van der Waals surface area contributed by atoms with Crippen molar-refractivity contribution in [1.82, 2.24) is 24.1 Å². The molecule has 26 heavy (non-hydrogen) atoms. The van der Waals surface area contributed by atoms with Crippen LogP contribution in [0, 0.1) is 0 Å². The molecular weight excluding hydrogens is 358 g/mol. The fourth-order valence-corrected chi connectivity index (χ4v) is 3.11. The van der Waals surface area contributed by atoms with E-state index < -0.39 is 5.97 Å². The summed E-state index contributed by atoms with van der Waals surface area (Å²) in [5.41, 5.74) is 1.40. The van der Waals surface area contributed by atoms with Crippen LogP contribution < -0.4 is 0 Å². The zero-order valence-electron chi connectivity index (χ0n) is 14.1. The number of hydrogen-bond acceptors (Lipinski definition) is 5. The predicted octanol–water partition coefficient (Wildman–Crippen LogP) is 2.02. The Morgan fingerprint density at radius 3 is 2.88 bits per heavy atom. The van der Waals surface area contributed by atoms with Gasteiger partial charge in [0.15, 0.2) is 11.4 Å². The molecule has 9 heteroatoms. The van der Waals surface area contributed by atoms with E-state index in [0.717, 1.165) is 5.52 Å². The van der Waals surface area contributed by atoms with Gasteiger partial charge in [-0.1, -0.05) is 11.6 Å². The molecule has 0 atom stereocenters. The van der Waals surface area contributed by atoms with Gasteiger partial charge in [0.2, 0.25) is 0 Å². The average molecular weight is 374 g/mol. The second-order valence-corrected chi connectivity index (χ2v) is 6.37. The Kier molecular flexibility index (Phi) is 4.12. The van der Waals surface area contributed by atoms with E-state index >= 15 is 0 Å². The molecule has 0 saturated heterocycles. The van der Waals surface area contributed by atoms with Crippen molar-refractivity contribution in [2.75, 3.05) is 13.2 Å². The molecule has 134 valence electrons. The first-order chi connectivity index (χ1) is 12.5. The molecule has 0 aromatic carbocycles. The highest BCUT2D eigenvalue weighted by Crippen LogP contribution is 2.18. The van der Waals surface area contributed by atoms with Crippen molar-refractivity contribution in [1.29, 1.82) is 0 Å². The minimum absolute atomic E-state index is 0.184. The number of halogens is 1. The van der Waals surface area contributed by atoms with E-state index in [1.54, 1.807) is 46.9 Å². The molecular formula is C17H16ClN5O3. The van der Waals surface area contributed by atoms with Crippen LogP contribution in [0.5, 0.6) is 0 Å². The topological polar surface area (TPSA) is 81.7 Å². The summed E-state index contributed by atoms with van der Waals surface area (Å²) in [7, 11) is 0. The molecule has 0 aliphatic carbocycles. The van der Waals surface area contributed by atoms with Gasteiger partial charge in [0.05, 0.1) is 23.7 Å². The number of rotatable bonds is 3. The molecule has 1 aliphatic heterocycles. The minimum Gasteiger partial charge on any atom is -0.461 e. The minimum atomic E-state index is -0.454. The van der Waals surface area contributed by atoms with Gasteiger partial charge in [-0.15, -0.1) is 0 Å². The third-order valence-corrected chi connectivity index (χ3v) is 4.44. The van der Waals surface area contributed by atoms with Gasteiger partial charge >= 0.3 is 5.97 Å². The number of carbonyl (C=O) groups excluding carboxylic acids is 2. The molecule has 8 nitrogen and oxygen atoms in total. The smallest absolute Gasteiger partial charge is 0.358 e. The fourth-order valence-electron chi connectivity index (χ4n) is 2.96. The summed E-state index contributed by atoms with van der Waals surface area (Å²) < 4.78 is 8.43. The number of nitrogens with zero attached hydrogens (tertiary/aromatic N) is 5. The van der Waals surface area contributed by atoms with Crippen LogP contribution in [0.1, 0.15) is 33.7 Å². The van der Waals surface area contributed by atoms with Gasteiger partial charge in [-0.3, -0.25) is 4.79 Å². The van der Waals surface area contributed by atoms with Gasteiger partial charge in [0, 0.05) is 25.5 Å². The van der Waals surface area contributed by atoms with E-state index in [1.165, 1.54) is 0 Å². The standard InChI is InChI=1S/C17H16ClN5O3/c1-2-26-17(25)14-9-21-5-6-22(10-15(21)19-14)16(24)13-7-12-4-3-11(18)8-23(12)20-13/h3-4,7-9H,2,5-6,10H2,1H3. The Balaban J connectivity index is 1.55. The summed E-state index contributed by atoms with van der Waals surface area (Å²) in [6.07, 6.45) is 3.32. The quantitative estimate of drug-likeness (QED) is 0.656. The number of fused-ring (bicyclic) bond motifs is 2. The predicted molar refractivity (Wildman–Crippen MR) is 93.1 cm³/mol. The van der Waals surface area contributed by atoms with Crippen LogP contribution in [-0.2, 0) is 17.8 Å². The average Bonchev–Trinajstić information content (AvgIpc) is 3.24. The van der Waals surface area contributed by atoms with Gasteiger partial charge in [-0.2, -0.15) is 5.10 Å². The Bertz CT molecular complexity index is 1010. The molecule has 0 bridgehead atoms. The number of amides is 1. The molecule has 3 aromatic rings. The van der Waals surface area contributed by atoms with Crippen molar-refractivity contribution in [3.8, 4) is 0 Å². The lowest BCUT2D eigenvalue weighted by atomic mass is 10.3. The number of aromatic nitrogens is 4. The summed E-state index contributed by atoms with van der Waals surface area (Å²) >= 11 is 5.96. The van der Waals surface area contributed by atoms with Crippen LogP contribution in [0.2, 0.25) is 5.02 Å². The highest BCUT2D eigenvalue weighted by atomic mass is 35.5. The third-order valence-electron chi connectivity index (χ3n) is 4.22. The van der Waals surface area contributed by atoms with Gasteiger partial charge < -0.3 is 14.2 Å². The molecule has 0 radical (unpaired) electrons. The normalized spacial score (nSPS) is 13.7. The van der Waals surface area contributed by atoms with Crippen LogP contribution in [0.15, 0.2) is 30.6 Å². The van der Waals surface area contributed by atoms with E-state index in [9.17, 15) is 9.59 Å². The third kappa shape index (κ3) is 2.92. The SMILES string of the molecule is CCOC(=O)c1cn2c(n1)CN(C(=O)c1cc3ccc(Cl)cn3n1)CC2. The van der Waals surface area contributed by atoms with Crippen molar-refractivity contribution in [3.05, 3.63) is 52.8 Å². The number of esters is 1. The first kappa shape index (κ1) is 16.6. The van der Waals surface area contributed by atoms with Crippen LogP contribution in [-0.4, -0.2) is 49.1 Å². The van der Waals surface area contributed by atoms with E-state index in [1.807, 2.05) is 4.57 Å². The Labute approximate surface area is 153 Å². The summed E-state index contributed by atoms with van der Waals surface area (Å²) in [5, 5.41) is 4.85. The van der Waals surface area contributed by atoms with Crippen molar-refractivity contribution in [2.24, 2.45) is 0 Å². The van der Waals surface area contributed by atoms with Crippen LogP contribution in [0.3, 0.4) is 0 Å². The number of pyridine rings is 1. The maximum absolute atomic E-state index is 12.8. The molecule has 0 unspecified atom stereocenters. The van der Waals surface area contributed by atoms with Crippen molar-refractivity contribution in [2.45, 2.75) is 20.0 Å².